The number of hydrogen-bond donors (Lipinski definition) is 3. The van der Waals surface area contributed by atoms with E-state index in [1.807, 2.05) is 0 Å². The maximum atomic E-state index is 12.2. The van der Waals surface area contributed by atoms with Crippen LogP contribution in [0.1, 0.15) is 23.2 Å². The Morgan fingerprint density at radius 3 is 2.57 bits per heavy atom. The molecule has 1 fully saturated rings. The van der Waals surface area contributed by atoms with Gasteiger partial charge in [0, 0.05) is 25.3 Å². The standard InChI is InChI=1S/C13H19N3O4S/c14-11-7-10(13(15)17)1-2-12(11)21(18,19)16-8-9-3-5-20-6-4-9/h1-2,7,9,16H,3-6,8,14H2,(H2,15,17). The molecule has 1 heterocycles. The third kappa shape index (κ3) is 3.93. The molecule has 0 bridgehead atoms. The molecule has 1 saturated heterocycles. The van der Waals surface area contributed by atoms with Gasteiger partial charge in [-0.3, -0.25) is 4.79 Å². The summed E-state index contributed by atoms with van der Waals surface area (Å²) in [5.41, 5.74) is 11.0. The number of ether oxygens (including phenoxy) is 1. The Balaban J connectivity index is 2.10. The highest BCUT2D eigenvalue weighted by Gasteiger charge is 2.21. The van der Waals surface area contributed by atoms with E-state index in [4.69, 9.17) is 16.2 Å². The third-order valence-electron chi connectivity index (χ3n) is 3.49. The van der Waals surface area contributed by atoms with Gasteiger partial charge in [0.05, 0.1) is 5.69 Å². The van der Waals surface area contributed by atoms with Crippen molar-refractivity contribution in [3.8, 4) is 0 Å². The number of anilines is 1. The van der Waals surface area contributed by atoms with E-state index in [0.29, 0.717) is 19.8 Å². The molecule has 0 spiro atoms. The molecule has 2 rings (SSSR count). The number of carbonyl (C=O) groups excluding carboxylic acids is 1. The van der Waals surface area contributed by atoms with Crippen molar-refractivity contribution < 1.29 is 17.9 Å². The normalized spacial score (nSPS) is 16.8. The van der Waals surface area contributed by atoms with Crippen molar-refractivity contribution in [3.63, 3.8) is 0 Å². The van der Waals surface area contributed by atoms with E-state index in [1.165, 1.54) is 18.2 Å². The first-order valence-corrected chi connectivity index (χ1v) is 8.15. The molecule has 1 aromatic carbocycles. The number of carbonyl (C=O) groups is 1. The molecule has 0 unspecified atom stereocenters. The van der Waals surface area contributed by atoms with Gasteiger partial charge in [0.25, 0.3) is 0 Å². The van der Waals surface area contributed by atoms with E-state index in [1.54, 1.807) is 0 Å². The highest BCUT2D eigenvalue weighted by atomic mass is 32.2. The van der Waals surface area contributed by atoms with Crippen molar-refractivity contribution in [3.05, 3.63) is 23.8 Å². The van der Waals surface area contributed by atoms with Gasteiger partial charge in [0.1, 0.15) is 4.90 Å². The van der Waals surface area contributed by atoms with Crippen molar-refractivity contribution in [1.82, 2.24) is 4.72 Å². The van der Waals surface area contributed by atoms with Crippen molar-refractivity contribution in [2.24, 2.45) is 11.7 Å². The number of primary amides is 1. The molecule has 5 N–H and O–H groups in total. The lowest BCUT2D eigenvalue weighted by atomic mass is 10.0. The minimum atomic E-state index is -3.70. The lowest BCUT2D eigenvalue weighted by Gasteiger charge is -2.22. The summed E-state index contributed by atoms with van der Waals surface area (Å²) in [5.74, 6) is -0.388. The van der Waals surface area contributed by atoms with E-state index in [0.717, 1.165) is 12.8 Å². The summed E-state index contributed by atoms with van der Waals surface area (Å²) in [6.45, 7) is 1.66. The fraction of sp³-hybridized carbons (Fsp3) is 0.462. The zero-order valence-electron chi connectivity index (χ0n) is 11.5. The Morgan fingerprint density at radius 1 is 1.33 bits per heavy atom. The van der Waals surface area contributed by atoms with Crippen molar-refractivity contribution in [2.75, 3.05) is 25.5 Å². The SMILES string of the molecule is NC(=O)c1ccc(S(=O)(=O)NCC2CCOCC2)c(N)c1. The number of benzene rings is 1. The summed E-state index contributed by atoms with van der Waals surface area (Å²) < 4.78 is 32.3. The van der Waals surface area contributed by atoms with Crippen LogP contribution in [0.15, 0.2) is 23.1 Å². The van der Waals surface area contributed by atoms with Crippen molar-refractivity contribution in [2.45, 2.75) is 17.7 Å². The lowest BCUT2D eigenvalue weighted by Crippen LogP contribution is -2.32. The van der Waals surface area contributed by atoms with Crippen molar-refractivity contribution in [1.29, 1.82) is 0 Å². The first-order chi connectivity index (χ1) is 9.90. The molecule has 1 aliphatic heterocycles. The van der Waals surface area contributed by atoms with Gasteiger partial charge in [0.2, 0.25) is 15.9 Å². The highest BCUT2D eigenvalue weighted by molar-refractivity contribution is 7.89. The summed E-state index contributed by atoms with van der Waals surface area (Å²) in [6, 6.07) is 3.91. The van der Waals surface area contributed by atoms with Crippen LogP contribution in [0.3, 0.4) is 0 Å². The monoisotopic (exact) mass is 313 g/mol. The fourth-order valence-corrected chi connectivity index (χ4v) is 3.43. The quantitative estimate of drug-likeness (QED) is 0.664. The zero-order valence-corrected chi connectivity index (χ0v) is 12.4. The predicted octanol–water partition coefficient (Wildman–Crippen LogP) is 0.0726. The largest absolute Gasteiger partial charge is 0.398 e. The Hall–Kier alpha value is -1.64. The number of nitrogens with two attached hydrogens (primary N) is 2. The summed E-state index contributed by atoms with van der Waals surface area (Å²) in [7, 11) is -3.70. The van der Waals surface area contributed by atoms with E-state index < -0.39 is 15.9 Å². The first-order valence-electron chi connectivity index (χ1n) is 6.67. The molecule has 0 aliphatic carbocycles. The van der Waals surface area contributed by atoms with Crippen molar-refractivity contribution >= 4 is 21.6 Å². The number of hydrogen-bond acceptors (Lipinski definition) is 5. The molecule has 1 aliphatic rings. The van der Waals surface area contributed by atoms with Gasteiger partial charge < -0.3 is 16.2 Å². The molecule has 8 heteroatoms. The van der Waals surface area contributed by atoms with Gasteiger partial charge in [-0.2, -0.15) is 0 Å². The lowest BCUT2D eigenvalue weighted by molar-refractivity contribution is 0.0678. The second kappa shape index (κ2) is 6.42. The number of rotatable bonds is 5. The molecular weight excluding hydrogens is 294 g/mol. The van der Waals surface area contributed by atoms with Gasteiger partial charge in [0.15, 0.2) is 0 Å². The average Bonchev–Trinajstić information content (AvgIpc) is 2.46. The molecule has 0 atom stereocenters. The molecular formula is C13H19N3O4S. The van der Waals surface area contributed by atoms with E-state index in [9.17, 15) is 13.2 Å². The molecule has 1 amide bonds. The maximum absolute atomic E-state index is 12.2. The van der Waals surface area contributed by atoms with E-state index >= 15 is 0 Å². The topological polar surface area (TPSA) is 125 Å². The molecule has 0 saturated carbocycles. The Kier molecular flexibility index (Phi) is 4.81. The van der Waals surface area contributed by atoms with Gasteiger partial charge in [-0.05, 0) is 37.0 Å². The van der Waals surface area contributed by atoms with E-state index in [2.05, 4.69) is 4.72 Å². The van der Waals surface area contributed by atoms with Crippen LogP contribution in [0.5, 0.6) is 0 Å². The highest BCUT2D eigenvalue weighted by Crippen LogP contribution is 2.20. The molecule has 0 aromatic heterocycles. The predicted molar refractivity (Wildman–Crippen MR) is 78.1 cm³/mol. The summed E-state index contributed by atoms with van der Waals surface area (Å²) in [5, 5.41) is 0. The molecule has 116 valence electrons. The Morgan fingerprint density at radius 2 is 2.00 bits per heavy atom. The number of sulfonamides is 1. The number of amides is 1. The Labute approximate surface area is 123 Å². The molecule has 21 heavy (non-hydrogen) atoms. The molecule has 7 nitrogen and oxygen atoms in total. The summed E-state index contributed by atoms with van der Waals surface area (Å²) in [4.78, 5) is 11.0. The van der Waals surface area contributed by atoms with Gasteiger partial charge in [-0.15, -0.1) is 0 Å². The first kappa shape index (κ1) is 15.7. The Bertz CT molecular complexity index is 624. The third-order valence-corrected chi connectivity index (χ3v) is 4.98. The van der Waals surface area contributed by atoms with Crippen LogP contribution in [0.2, 0.25) is 0 Å². The average molecular weight is 313 g/mol. The van der Waals surface area contributed by atoms with Gasteiger partial charge >= 0.3 is 0 Å². The van der Waals surface area contributed by atoms with Gasteiger partial charge in [-0.1, -0.05) is 0 Å². The van der Waals surface area contributed by atoms with Gasteiger partial charge in [-0.25, -0.2) is 13.1 Å². The van der Waals surface area contributed by atoms with E-state index in [-0.39, 0.29) is 22.1 Å². The fourth-order valence-electron chi connectivity index (χ4n) is 2.20. The molecule has 0 radical (unpaired) electrons. The van der Waals surface area contributed by atoms with Crippen LogP contribution in [0.4, 0.5) is 5.69 Å². The summed E-state index contributed by atoms with van der Waals surface area (Å²) in [6.07, 6.45) is 1.66. The molecule has 1 aromatic rings. The minimum Gasteiger partial charge on any atom is -0.398 e. The minimum absolute atomic E-state index is 0.00535. The number of nitrogens with one attached hydrogen (secondary N) is 1. The number of nitrogen functional groups attached to an aromatic ring is 1. The van der Waals surface area contributed by atoms with Crippen LogP contribution in [0, 0.1) is 5.92 Å². The van der Waals surface area contributed by atoms with Crippen LogP contribution in [-0.4, -0.2) is 34.1 Å². The second-order valence-corrected chi connectivity index (χ2v) is 6.76. The van der Waals surface area contributed by atoms with Crippen LogP contribution in [-0.2, 0) is 14.8 Å². The summed E-state index contributed by atoms with van der Waals surface area (Å²) >= 11 is 0. The smallest absolute Gasteiger partial charge is 0.248 e. The van der Waals surface area contributed by atoms with Crippen LogP contribution in [0.25, 0.3) is 0 Å². The second-order valence-electron chi connectivity index (χ2n) is 5.02. The maximum Gasteiger partial charge on any atom is 0.248 e. The van der Waals surface area contributed by atoms with Crippen LogP contribution < -0.4 is 16.2 Å². The zero-order chi connectivity index (χ0) is 15.5. The van der Waals surface area contributed by atoms with Crippen LogP contribution >= 0.6 is 0 Å².